The zero-order valence-corrected chi connectivity index (χ0v) is 33.6. The van der Waals surface area contributed by atoms with Crippen molar-refractivity contribution in [2.24, 2.45) is 0 Å². The third-order valence-electron chi connectivity index (χ3n) is 9.24. The van der Waals surface area contributed by atoms with E-state index >= 15 is 0 Å². The molecule has 3 aromatic carbocycles. The van der Waals surface area contributed by atoms with Crippen LogP contribution >= 0.6 is 23.2 Å². The number of nitrogens with zero attached hydrogens (tertiary/aromatic N) is 3. The van der Waals surface area contributed by atoms with E-state index in [2.05, 4.69) is 12.2 Å². The van der Waals surface area contributed by atoms with Crippen LogP contribution in [0.2, 0.25) is 10.0 Å². The molecule has 4 aromatic rings. The molecule has 4 rings (SSSR count). The van der Waals surface area contributed by atoms with Crippen LogP contribution in [0.5, 0.6) is 0 Å². The molecule has 288 valence electrons. The number of ether oxygens (including phenoxy) is 1. The van der Waals surface area contributed by atoms with Crippen LogP contribution in [0.1, 0.15) is 109 Å². The van der Waals surface area contributed by atoms with E-state index in [0.717, 1.165) is 28.6 Å². The van der Waals surface area contributed by atoms with Gasteiger partial charge in [-0.25, -0.2) is 17.9 Å². The van der Waals surface area contributed by atoms with Gasteiger partial charge in [-0.2, -0.15) is 4.68 Å². The van der Waals surface area contributed by atoms with Crippen molar-refractivity contribution in [3.8, 4) is 5.69 Å². The maximum atomic E-state index is 14.0. The smallest absolute Gasteiger partial charge is 0.435 e. The van der Waals surface area contributed by atoms with Gasteiger partial charge in [0.2, 0.25) is 0 Å². The first-order valence-electron chi connectivity index (χ1n) is 19.0. The molecular formula is C41H54Cl2N4O5S. The topological polar surface area (TPSA) is 103 Å². The average molecular weight is 786 g/mol. The number of nitrogens with one attached hydrogen (secondary N) is 1. The third kappa shape index (κ3) is 11.9. The number of hydrogen-bond acceptors (Lipinski definition) is 6. The van der Waals surface area contributed by atoms with Gasteiger partial charge in [0, 0.05) is 23.3 Å². The Balaban J connectivity index is 1.41. The number of hydrogen-bond donors (Lipinski definition) is 1. The molecule has 1 aromatic heterocycles. The van der Waals surface area contributed by atoms with Gasteiger partial charge in [0.25, 0.3) is 15.6 Å². The maximum Gasteiger partial charge on any atom is 0.435 e. The second kappa shape index (κ2) is 21.2. The van der Waals surface area contributed by atoms with Gasteiger partial charge in [-0.15, -0.1) is 0 Å². The maximum absolute atomic E-state index is 14.0. The fourth-order valence-corrected chi connectivity index (χ4v) is 8.67. The monoisotopic (exact) mass is 784 g/mol. The summed E-state index contributed by atoms with van der Waals surface area (Å²) in [5.74, 6) is 0.109. The largest absolute Gasteiger partial charge is 0.448 e. The second-order valence-corrected chi connectivity index (χ2v) is 16.1. The van der Waals surface area contributed by atoms with Crippen LogP contribution in [0.15, 0.2) is 82.5 Å². The predicted octanol–water partition coefficient (Wildman–Crippen LogP) is 11.7. The van der Waals surface area contributed by atoms with E-state index in [9.17, 15) is 18.0 Å². The molecule has 0 fully saturated rings. The van der Waals surface area contributed by atoms with Crippen molar-refractivity contribution in [1.29, 1.82) is 0 Å². The molecule has 12 heteroatoms. The van der Waals surface area contributed by atoms with Crippen molar-refractivity contribution in [2.75, 3.05) is 22.8 Å². The number of unbranched alkanes of at least 4 members (excludes halogenated alkanes) is 13. The highest BCUT2D eigenvalue weighted by Gasteiger charge is 2.26. The van der Waals surface area contributed by atoms with Gasteiger partial charge in [0.05, 0.1) is 27.9 Å². The number of aryl methyl sites for hydroxylation is 1. The van der Waals surface area contributed by atoms with Crippen molar-refractivity contribution in [3.63, 3.8) is 0 Å². The lowest BCUT2D eigenvalue weighted by atomic mass is 10.0. The molecule has 0 aliphatic rings. The number of carbonyl (C=O) groups excluding carboxylic acids is 1. The lowest BCUT2D eigenvalue weighted by molar-refractivity contribution is 0.148. The molecule has 0 saturated heterocycles. The SMILES string of the molecule is CCCCCCCCCCCCCCCCN(c1ccccc1)S(=O)(=O)c1ccc(Nc2cc(=O)n(-c3c(C)cc(Cl)cc3Cl)n2C(=O)OCC)cc1. The van der Waals surface area contributed by atoms with Gasteiger partial charge in [0.15, 0.2) is 0 Å². The van der Waals surface area contributed by atoms with E-state index in [1.807, 2.05) is 30.3 Å². The Morgan fingerprint density at radius 2 is 1.34 bits per heavy atom. The van der Waals surface area contributed by atoms with Crippen molar-refractivity contribution in [2.45, 2.75) is 116 Å². The van der Waals surface area contributed by atoms with Gasteiger partial charge >= 0.3 is 6.09 Å². The number of carbonyl (C=O) groups is 1. The number of anilines is 3. The summed E-state index contributed by atoms with van der Waals surface area (Å²) in [6.45, 7) is 6.09. The van der Waals surface area contributed by atoms with E-state index in [1.165, 1.54) is 99.2 Å². The lowest BCUT2D eigenvalue weighted by Gasteiger charge is -2.25. The Kier molecular flexibility index (Phi) is 16.8. The molecule has 0 atom stereocenters. The normalized spacial score (nSPS) is 11.5. The fourth-order valence-electron chi connectivity index (χ4n) is 6.49. The van der Waals surface area contributed by atoms with Crippen LogP contribution in [0.25, 0.3) is 5.69 Å². The first kappa shape index (κ1) is 42.0. The molecule has 0 radical (unpaired) electrons. The number of benzene rings is 3. The number of rotatable bonds is 22. The summed E-state index contributed by atoms with van der Waals surface area (Å²) < 4.78 is 37.0. The first-order valence-corrected chi connectivity index (χ1v) is 21.2. The van der Waals surface area contributed by atoms with E-state index in [0.29, 0.717) is 28.5 Å². The molecular weight excluding hydrogens is 731 g/mol. The molecule has 0 unspecified atom stereocenters. The zero-order valence-electron chi connectivity index (χ0n) is 31.3. The highest BCUT2D eigenvalue weighted by atomic mass is 35.5. The number of halogens is 2. The molecule has 0 bridgehead atoms. The summed E-state index contributed by atoms with van der Waals surface area (Å²) in [4.78, 5) is 26.6. The zero-order chi connectivity index (χ0) is 38.2. The van der Waals surface area contributed by atoms with Gasteiger partial charge < -0.3 is 10.1 Å². The summed E-state index contributed by atoms with van der Waals surface area (Å²) in [6.07, 6.45) is 16.4. The number of aromatic nitrogens is 2. The Labute approximate surface area is 325 Å². The molecule has 0 aliphatic carbocycles. The summed E-state index contributed by atoms with van der Waals surface area (Å²) in [7, 11) is -3.90. The molecule has 0 aliphatic heterocycles. The summed E-state index contributed by atoms with van der Waals surface area (Å²) in [5, 5.41) is 3.64. The standard InChI is InChI=1S/C41H54Cl2N4O5S/c1-4-6-7-8-9-10-11-12-13-14-15-16-17-21-28-45(35-22-19-18-20-23-35)53(50,51)36-26-24-34(25-27-36)44-38-31-39(48)47(46(38)41(49)52-5-2)40-32(3)29-33(42)30-37(40)43/h18-20,22-27,29-31,44H,4-17,21,28H2,1-3H3. The minimum Gasteiger partial charge on any atom is -0.448 e. The number of para-hydroxylation sites is 1. The van der Waals surface area contributed by atoms with Gasteiger partial charge in [-0.05, 0) is 74.4 Å². The van der Waals surface area contributed by atoms with Gasteiger partial charge in [0.1, 0.15) is 5.82 Å². The van der Waals surface area contributed by atoms with Crippen LogP contribution in [-0.2, 0) is 14.8 Å². The van der Waals surface area contributed by atoms with Crippen LogP contribution in [-0.4, -0.2) is 37.0 Å². The molecule has 0 spiro atoms. The minimum atomic E-state index is -3.90. The van der Waals surface area contributed by atoms with Gasteiger partial charge in [-0.1, -0.05) is 132 Å². The predicted molar refractivity (Wildman–Crippen MR) is 218 cm³/mol. The molecule has 53 heavy (non-hydrogen) atoms. The summed E-state index contributed by atoms with van der Waals surface area (Å²) >= 11 is 12.7. The van der Waals surface area contributed by atoms with E-state index in [1.54, 1.807) is 32.0 Å². The second-order valence-electron chi connectivity index (χ2n) is 13.4. The Bertz CT molecular complexity index is 1890. The van der Waals surface area contributed by atoms with Crippen LogP contribution in [0, 0.1) is 6.92 Å². The van der Waals surface area contributed by atoms with E-state index < -0.39 is 21.7 Å². The van der Waals surface area contributed by atoms with Crippen molar-refractivity contribution >= 4 is 56.5 Å². The Morgan fingerprint density at radius 3 is 1.89 bits per heavy atom. The molecule has 0 saturated carbocycles. The highest BCUT2D eigenvalue weighted by Crippen LogP contribution is 2.30. The summed E-state index contributed by atoms with van der Waals surface area (Å²) in [6, 6.07) is 19.8. The highest BCUT2D eigenvalue weighted by molar-refractivity contribution is 7.92. The van der Waals surface area contributed by atoms with Gasteiger partial charge in [-0.3, -0.25) is 9.10 Å². The Hall–Kier alpha value is -3.73. The average Bonchev–Trinajstić information content (AvgIpc) is 3.44. The fraction of sp³-hybridized carbons (Fsp3) is 0.463. The van der Waals surface area contributed by atoms with Crippen LogP contribution < -0.4 is 15.2 Å². The van der Waals surface area contributed by atoms with E-state index in [-0.39, 0.29) is 28.0 Å². The first-order chi connectivity index (χ1) is 25.6. The van der Waals surface area contributed by atoms with Crippen molar-refractivity contribution in [1.82, 2.24) is 9.36 Å². The quantitative estimate of drug-likeness (QED) is 0.0796. The summed E-state index contributed by atoms with van der Waals surface area (Å²) in [5.41, 5.74) is 1.39. The Morgan fingerprint density at radius 1 is 0.774 bits per heavy atom. The molecule has 1 N–H and O–H groups in total. The van der Waals surface area contributed by atoms with Crippen LogP contribution in [0.4, 0.5) is 22.0 Å². The minimum absolute atomic E-state index is 0.0712. The third-order valence-corrected chi connectivity index (χ3v) is 11.6. The molecule has 9 nitrogen and oxygen atoms in total. The van der Waals surface area contributed by atoms with E-state index in [4.69, 9.17) is 27.9 Å². The van der Waals surface area contributed by atoms with Crippen molar-refractivity contribution in [3.05, 3.63) is 98.8 Å². The lowest BCUT2D eigenvalue weighted by Crippen LogP contribution is -2.32. The number of sulfonamides is 1. The van der Waals surface area contributed by atoms with Crippen molar-refractivity contribution < 1.29 is 17.9 Å². The molecule has 1 heterocycles. The molecule has 0 amide bonds. The van der Waals surface area contributed by atoms with Crippen LogP contribution in [0.3, 0.4) is 0 Å².